The van der Waals surface area contributed by atoms with E-state index in [9.17, 15) is 4.79 Å². The number of carboxylic acids is 1. The first-order valence-corrected chi connectivity index (χ1v) is 7.94. The lowest BCUT2D eigenvalue weighted by Crippen LogP contribution is -1.93. The lowest BCUT2D eigenvalue weighted by molar-refractivity contribution is -0.137. The first-order chi connectivity index (χ1) is 9.77. The van der Waals surface area contributed by atoms with Gasteiger partial charge in [0, 0.05) is 6.42 Å². The summed E-state index contributed by atoms with van der Waals surface area (Å²) < 4.78 is 0. The lowest BCUT2D eigenvalue weighted by Gasteiger charge is -1.98. The van der Waals surface area contributed by atoms with Crippen molar-refractivity contribution in [3.63, 3.8) is 0 Å². The van der Waals surface area contributed by atoms with Crippen LogP contribution in [0.4, 0.5) is 0 Å². The predicted octanol–water partition coefficient (Wildman–Crippen LogP) is 6.30. The summed E-state index contributed by atoms with van der Waals surface area (Å²) in [5.41, 5.74) is 0. The smallest absolute Gasteiger partial charge is 0.303 e. The summed E-state index contributed by atoms with van der Waals surface area (Å²) in [6.45, 7) is 2.15. The van der Waals surface area contributed by atoms with Gasteiger partial charge in [0.1, 0.15) is 0 Å². The molecule has 1 N–H and O–H groups in total. The van der Waals surface area contributed by atoms with Crippen LogP contribution in [0.15, 0.2) is 36.5 Å². The van der Waals surface area contributed by atoms with Crippen molar-refractivity contribution in [1.29, 1.82) is 0 Å². The standard InChI is InChI=1S/C18H30O2.CH4/c1-2-3-4-5-6-7-8-9-10-11-12-13-14-15-16-17-18(19)20;/h3-4,6-7,9-10H,2,5,8,11-17H2,1H3,(H,19,20);1H4/b4-3-,7-6-,10-9-;. The highest BCUT2D eigenvalue weighted by molar-refractivity contribution is 5.66. The van der Waals surface area contributed by atoms with Crippen molar-refractivity contribution >= 4 is 5.97 Å². The van der Waals surface area contributed by atoms with Gasteiger partial charge in [-0.3, -0.25) is 4.79 Å². The quantitative estimate of drug-likeness (QED) is 0.320. The summed E-state index contributed by atoms with van der Waals surface area (Å²) in [6.07, 6.45) is 23.4. The molecule has 0 aromatic carbocycles. The Balaban J connectivity index is 0. The summed E-state index contributed by atoms with van der Waals surface area (Å²) in [4.78, 5) is 10.3. The zero-order chi connectivity index (χ0) is 14.9. The van der Waals surface area contributed by atoms with Crippen molar-refractivity contribution in [3.05, 3.63) is 36.5 Å². The van der Waals surface area contributed by atoms with Crippen LogP contribution in [0.2, 0.25) is 0 Å². The highest BCUT2D eigenvalue weighted by Gasteiger charge is 1.95. The molecule has 21 heavy (non-hydrogen) atoms. The highest BCUT2D eigenvalue weighted by Crippen LogP contribution is 2.07. The second-order valence-electron chi connectivity index (χ2n) is 4.99. The number of rotatable bonds is 13. The van der Waals surface area contributed by atoms with Crippen molar-refractivity contribution in [2.45, 2.75) is 78.6 Å². The second-order valence-corrected chi connectivity index (χ2v) is 4.99. The van der Waals surface area contributed by atoms with Crippen LogP contribution in [0.5, 0.6) is 0 Å². The Morgan fingerprint density at radius 1 is 0.810 bits per heavy atom. The fourth-order valence-corrected chi connectivity index (χ4v) is 1.90. The van der Waals surface area contributed by atoms with Crippen molar-refractivity contribution in [1.82, 2.24) is 0 Å². The molecule has 0 amide bonds. The number of hydrogen-bond donors (Lipinski definition) is 1. The molecule has 0 saturated carbocycles. The maximum Gasteiger partial charge on any atom is 0.303 e. The molecule has 122 valence electrons. The third-order valence-corrected chi connectivity index (χ3v) is 3.04. The molecule has 0 bridgehead atoms. The number of carboxylic acid groups (broad SMARTS) is 1. The molecule has 0 aliphatic rings. The largest absolute Gasteiger partial charge is 0.481 e. The molecule has 0 aromatic rings. The van der Waals surface area contributed by atoms with E-state index in [1.807, 2.05) is 0 Å². The van der Waals surface area contributed by atoms with Crippen LogP contribution >= 0.6 is 0 Å². The predicted molar refractivity (Wildman–Crippen MR) is 93.6 cm³/mol. The zero-order valence-electron chi connectivity index (χ0n) is 12.9. The Hall–Kier alpha value is -1.31. The van der Waals surface area contributed by atoms with Gasteiger partial charge in [-0.1, -0.05) is 70.1 Å². The summed E-state index contributed by atoms with van der Waals surface area (Å²) >= 11 is 0. The van der Waals surface area contributed by atoms with E-state index in [0.29, 0.717) is 6.42 Å². The number of allylic oxidation sites excluding steroid dienone is 6. The number of carbonyl (C=O) groups is 1. The third-order valence-electron chi connectivity index (χ3n) is 3.04. The molecule has 0 aromatic heterocycles. The third kappa shape index (κ3) is 21.1. The molecule has 0 atom stereocenters. The first kappa shape index (κ1) is 22.0. The molecular weight excluding hydrogens is 260 g/mol. The molecular formula is C19H34O2. The highest BCUT2D eigenvalue weighted by atomic mass is 16.4. The van der Waals surface area contributed by atoms with Crippen molar-refractivity contribution in [2.75, 3.05) is 0 Å². The van der Waals surface area contributed by atoms with Gasteiger partial charge in [-0.05, 0) is 38.5 Å². The van der Waals surface area contributed by atoms with E-state index >= 15 is 0 Å². The average Bonchev–Trinajstić information content (AvgIpc) is 2.43. The Bertz CT molecular complexity index is 301. The van der Waals surface area contributed by atoms with E-state index in [4.69, 9.17) is 5.11 Å². The van der Waals surface area contributed by atoms with Gasteiger partial charge in [0.15, 0.2) is 0 Å². The molecule has 2 nitrogen and oxygen atoms in total. The van der Waals surface area contributed by atoms with Gasteiger partial charge < -0.3 is 5.11 Å². The summed E-state index contributed by atoms with van der Waals surface area (Å²) in [7, 11) is 0. The van der Waals surface area contributed by atoms with Gasteiger partial charge >= 0.3 is 5.97 Å². The van der Waals surface area contributed by atoms with E-state index in [1.165, 1.54) is 12.8 Å². The van der Waals surface area contributed by atoms with Crippen LogP contribution in [-0.4, -0.2) is 11.1 Å². The van der Waals surface area contributed by atoms with Crippen molar-refractivity contribution in [3.8, 4) is 0 Å². The normalized spacial score (nSPS) is 11.5. The zero-order valence-corrected chi connectivity index (χ0v) is 12.9. The van der Waals surface area contributed by atoms with Gasteiger partial charge in [0.2, 0.25) is 0 Å². The van der Waals surface area contributed by atoms with Crippen LogP contribution in [0.3, 0.4) is 0 Å². The molecule has 0 aliphatic carbocycles. The van der Waals surface area contributed by atoms with Crippen molar-refractivity contribution < 1.29 is 9.90 Å². The topological polar surface area (TPSA) is 37.3 Å². The lowest BCUT2D eigenvalue weighted by atomic mass is 10.1. The first-order valence-electron chi connectivity index (χ1n) is 7.94. The van der Waals surface area contributed by atoms with Crippen LogP contribution in [0.1, 0.15) is 78.6 Å². The van der Waals surface area contributed by atoms with Crippen LogP contribution < -0.4 is 0 Å². The summed E-state index contributed by atoms with van der Waals surface area (Å²) in [6, 6.07) is 0. The second kappa shape index (κ2) is 18.7. The minimum absolute atomic E-state index is 0. The van der Waals surface area contributed by atoms with E-state index in [0.717, 1.165) is 44.9 Å². The molecule has 0 rings (SSSR count). The van der Waals surface area contributed by atoms with Crippen LogP contribution in [0.25, 0.3) is 0 Å². The van der Waals surface area contributed by atoms with E-state index in [2.05, 4.69) is 43.4 Å². The molecule has 0 aliphatic heterocycles. The number of aliphatic carboxylic acids is 1. The molecule has 0 fully saturated rings. The SMILES string of the molecule is C.CC/C=C\C/C=C\C/C=C\CCCCCCCC(=O)O. The van der Waals surface area contributed by atoms with Gasteiger partial charge in [-0.15, -0.1) is 0 Å². The van der Waals surface area contributed by atoms with Gasteiger partial charge in [-0.2, -0.15) is 0 Å². The molecule has 2 heteroatoms. The molecule has 0 unspecified atom stereocenters. The van der Waals surface area contributed by atoms with E-state index in [1.54, 1.807) is 0 Å². The summed E-state index contributed by atoms with van der Waals surface area (Å²) in [5, 5.41) is 8.50. The van der Waals surface area contributed by atoms with E-state index in [-0.39, 0.29) is 7.43 Å². The van der Waals surface area contributed by atoms with Gasteiger partial charge in [-0.25, -0.2) is 0 Å². The number of hydrogen-bond acceptors (Lipinski definition) is 1. The Kier molecular flexibility index (Phi) is 19.6. The fourth-order valence-electron chi connectivity index (χ4n) is 1.90. The molecule has 0 spiro atoms. The number of unbranched alkanes of at least 4 members (excludes halogenated alkanes) is 5. The Morgan fingerprint density at radius 3 is 1.95 bits per heavy atom. The van der Waals surface area contributed by atoms with Gasteiger partial charge in [0.25, 0.3) is 0 Å². The fraction of sp³-hybridized carbons (Fsp3) is 0.632. The minimum atomic E-state index is -0.675. The molecule has 0 saturated heterocycles. The minimum Gasteiger partial charge on any atom is -0.481 e. The maximum atomic E-state index is 10.3. The maximum absolute atomic E-state index is 10.3. The van der Waals surface area contributed by atoms with Crippen LogP contribution in [0, 0.1) is 0 Å². The summed E-state index contributed by atoms with van der Waals surface area (Å²) in [5.74, 6) is -0.675. The average molecular weight is 294 g/mol. The Labute approximate surface area is 131 Å². The molecule has 0 heterocycles. The van der Waals surface area contributed by atoms with Crippen molar-refractivity contribution in [2.24, 2.45) is 0 Å². The van der Waals surface area contributed by atoms with E-state index < -0.39 is 5.97 Å². The van der Waals surface area contributed by atoms with Crippen LogP contribution in [-0.2, 0) is 4.79 Å². The molecule has 0 radical (unpaired) electrons. The van der Waals surface area contributed by atoms with Gasteiger partial charge in [0.05, 0.1) is 0 Å². The monoisotopic (exact) mass is 294 g/mol. The Morgan fingerprint density at radius 2 is 1.33 bits per heavy atom.